The Kier molecular flexibility index (Phi) is 7.25. The standard InChI is InChI=1S/C18H23ClN4O2.C2H6/c1-18(2,3)25-17(24)23-10-8-12(9-11-23)20-15-13-6-4-5-7-14(13)21-16(19)22-15;1-2/h4-7,12H,8-11H2,1-3H3,(H,20,21,22);1-2H3. The molecule has 1 aliphatic rings. The summed E-state index contributed by atoms with van der Waals surface area (Å²) in [4.78, 5) is 22.5. The van der Waals surface area contributed by atoms with E-state index in [1.807, 2.05) is 58.9 Å². The highest BCUT2D eigenvalue weighted by atomic mass is 35.5. The first-order chi connectivity index (χ1) is 12.8. The number of aromatic nitrogens is 2. The summed E-state index contributed by atoms with van der Waals surface area (Å²) in [5.74, 6) is 0.742. The van der Waals surface area contributed by atoms with Gasteiger partial charge in [0.2, 0.25) is 5.28 Å². The van der Waals surface area contributed by atoms with E-state index >= 15 is 0 Å². The molecule has 1 aromatic heterocycles. The third-order valence-electron chi connectivity index (χ3n) is 4.06. The summed E-state index contributed by atoms with van der Waals surface area (Å²) in [5, 5.41) is 4.63. The molecule has 1 fully saturated rings. The molecular formula is C20H29ClN4O2. The van der Waals surface area contributed by atoms with Gasteiger partial charge in [-0.15, -0.1) is 0 Å². The van der Waals surface area contributed by atoms with E-state index in [4.69, 9.17) is 16.3 Å². The van der Waals surface area contributed by atoms with Crippen molar-refractivity contribution in [3.63, 3.8) is 0 Å². The largest absolute Gasteiger partial charge is 0.444 e. The van der Waals surface area contributed by atoms with Crippen LogP contribution in [-0.4, -0.2) is 45.7 Å². The molecule has 1 N–H and O–H groups in total. The maximum atomic E-state index is 12.1. The van der Waals surface area contributed by atoms with Crippen LogP contribution < -0.4 is 5.32 Å². The summed E-state index contributed by atoms with van der Waals surface area (Å²) in [6, 6.07) is 8.00. The van der Waals surface area contributed by atoms with Crippen molar-refractivity contribution >= 4 is 34.4 Å². The van der Waals surface area contributed by atoms with Crippen molar-refractivity contribution in [1.29, 1.82) is 0 Å². The monoisotopic (exact) mass is 392 g/mol. The molecule has 1 aliphatic heterocycles. The van der Waals surface area contributed by atoms with Crippen LogP contribution in [0.5, 0.6) is 0 Å². The topological polar surface area (TPSA) is 67.3 Å². The molecule has 3 rings (SSSR count). The number of halogens is 1. The number of rotatable bonds is 2. The second-order valence-electron chi connectivity index (χ2n) is 7.24. The average Bonchev–Trinajstić information content (AvgIpc) is 2.62. The maximum Gasteiger partial charge on any atom is 0.410 e. The summed E-state index contributed by atoms with van der Waals surface area (Å²) >= 11 is 6.04. The fraction of sp³-hybridized carbons (Fsp3) is 0.550. The molecule has 27 heavy (non-hydrogen) atoms. The van der Waals surface area contributed by atoms with E-state index in [2.05, 4.69) is 15.3 Å². The predicted octanol–water partition coefficient (Wildman–Crippen LogP) is 5.12. The summed E-state index contributed by atoms with van der Waals surface area (Å²) < 4.78 is 5.43. The highest BCUT2D eigenvalue weighted by Gasteiger charge is 2.27. The second kappa shape index (κ2) is 9.22. The van der Waals surface area contributed by atoms with Gasteiger partial charge in [-0.2, -0.15) is 0 Å². The minimum Gasteiger partial charge on any atom is -0.444 e. The molecule has 6 nitrogen and oxygen atoms in total. The number of nitrogens with zero attached hydrogens (tertiary/aromatic N) is 3. The number of carbonyl (C=O) groups is 1. The fourth-order valence-corrected chi connectivity index (χ4v) is 3.06. The molecule has 148 valence electrons. The van der Waals surface area contributed by atoms with Gasteiger partial charge in [-0.25, -0.2) is 14.8 Å². The van der Waals surface area contributed by atoms with E-state index in [0.29, 0.717) is 13.1 Å². The van der Waals surface area contributed by atoms with E-state index in [0.717, 1.165) is 29.6 Å². The Morgan fingerprint density at radius 1 is 1.19 bits per heavy atom. The van der Waals surface area contributed by atoms with Crippen molar-refractivity contribution in [3.8, 4) is 0 Å². The minimum absolute atomic E-state index is 0.229. The summed E-state index contributed by atoms with van der Waals surface area (Å²) in [7, 11) is 0. The SMILES string of the molecule is CC.CC(C)(C)OC(=O)N1CCC(Nc2nc(Cl)nc3ccccc23)CC1. The summed E-state index contributed by atoms with van der Waals surface area (Å²) in [6.45, 7) is 10.9. The van der Waals surface area contributed by atoms with E-state index in [1.165, 1.54) is 0 Å². The first-order valence-electron chi connectivity index (χ1n) is 9.48. The Hall–Kier alpha value is -2.08. The number of fused-ring (bicyclic) bond motifs is 1. The molecule has 2 aromatic rings. The van der Waals surface area contributed by atoms with Gasteiger partial charge in [0.05, 0.1) is 5.52 Å². The summed E-state index contributed by atoms with van der Waals surface area (Å²) in [5.41, 5.74) is 0.346. The number of carbonyl (C=O) groups excluding carboxylic acids is 1. The Morgan fingerprint density at radius 2 is 1.81 bits per heavy atom. The number of amides is 1. The molecule has 7 heteroatoms. The van der Waals surface area contributed by atoms with Crippen LogP contribution in [0.25, 0.3) is 10.9 Å². The highest BCUT2D eigenvalue weighted by Crippen LogP contribution is 2.25. The molecule has 0 spiro atoms. The van der Waals surface area contributed by atoms with Crippen LogP contribution in [0.2, 0.25) is 5.28 Å². The molecule has 1 saturated heterocycles. The number of benzene rings is 1. The third kappa shape index (κ3) is 5.96. The Bertz CT molecular complexity index is 768. The van der Waals surface area contributed by atoms with Crippen molar-refractivity contribution in [2.75, 3.05) is 18.4 Å². The van der Waals surface area contributed by atoms with E-state index in [-0.39, 0.29) is 17.4 Å². The molecule has 0 atom stereocenters. The zero-order chi connectivity index (χ0) is 20.0. The number of para-hydroxylation sites is 1. The zero-order valence-corrected chi connectivity index (χ0v) is 17.5. The quantitative estimate of drug-likeness (QED) is 0.718. The van der Waals surface area contributed by atoms with Crippen molar-refractivity contribution in [2.24, 2.45) is 0 Å². The number of ether oxygens (including phenoxy) is 1. The Balaban J connectivity index is 0.00000126. The predicted molar refractivity (Wildman–Crippen MR) is 110 cm³/mol. The fourth-order valence-electron chi connectivity index (χ4n) is 2.88. The molecule has 0 aliphatic carbocycles. The van der Waals surface area contributed by atoms with Gasteiger partial charge in [0, 0.05) is 24.5 Å². The zero-order valence-electron chi connectivity index (χ0n) is 16.8. The molecule has 1 amide bonds. The van der Waals surface area contributed by atoms with Gasteiger partial charge >= 0.3 is 6.09 Å². The number of hydrogen-bond donors (Lipinski definition) is 1. The van der Waals surface area contributed by atoms with Gasteiger partial charge in [-0.1, -0.05) is 26.0 Å². The average molecular weight is 393 g/mol. The maximum absolute atomic E-state index is 12.1. The minimum atomic E-state index is -0.469. The van der Waals surface area contributed by atoms with E-state index in [1.54, 1.807) is 4.90 Å². The molecule has 0 unspecified atom stereocenters. The van der Waals surface area contributed by atoms with Gasteiger partial charge in [0.1, 0.15) is 11.4 Å². The molecule has 2 heterocycles. The molecular weight excluding hydrogens is 364 g/mol. The molecule has 1 aromatic carbocycles. The van der Waals surface area contributed by atoms with Crippen LogP contribution in [0.1, 0.15) is 47.5 Å². The number of nitrogens with one attached hydrogen (secondary N) is 1. The van der Waals surface area contributed by atoms with Crippen LogP contribution in [0.4, 0.5) is 10.6 Å². The van der Waals surface area contributed by atoms with E-state index < -0.39 is 5.60 Å². The Labute approximate surface area is 166 Å². The van der Waals surface area contributed by atoms with Gasteiger partial charge in [0.25, 0.3) is 0 Å². The second-order valence-corrected chi connectivity index (χ2v) is 7.58. The van der Waals surface area contributed by atoms with Crippen molar-refractivity contribution < 1.29 is 9.53 Å². The smallest absolute Gasteiger partial charge is 0.410 e. The van der Waals surface area contributed by atoms with Crippen LogP contribution >= 0.6 is 11.6 Å². The normalized spacial score (nSPS) is 15.1. The number of likely N-dealkylation sites (tertiary alicyclic amines) is 1. The van der Waals surface area contributed by atoms with Crippen LogP contribution in [0.3, 0.4) is 0 Å². The summed E-state index contributed by atoms with van der Waals surface area (Å²) in [6.07, 6.45) is 1.41. The van der Waals surface area contributed by atoms with Gasteiger partial charge in [0.15, 0.2) is 0 Å². The number of hydrogen-bond acceptors (Lipinski definition) is 5. The lowest BCUT2D eigenvalue weighted by atomic mass is 10.1. The first-order valence-corrected chi connectivity index (χ1v) is 9.86. The van der Waals surface area contributed by atoms with E-state index in [9.17, 15) is 4.79 Å². The van der Waals surface area contributed by atoms with Crippen LogP contribution in [0, 0.1) is 0 Å². The highest BCUT2D eigenvalue weighted by molar-refractivity contribution is 6.28. The molecule has 0 saturated carbocycles. The lowest BCUT2D eigenvalue weighted by Crippen LogP contribution is -2.44. The van der Waals surface area contributed by atoms with Gasteiger partial charge < -0.3 is 15.0 Å². The lowest BCUT2D eigenvalue weighted by molar-refractivity contribution is 0.0210. The van der Waals surface area contributed by atoms with Crippen LogP contribution in [-0.2, 0) is 4.74 Å². The molecule has 0 radical (unpaired) electrons. The Morgan fingerprint density at radius 3 is 2.44 bits per heavy atom. The lowest BCUT2D eigenvalue weighted by Gasteiger charge is -2.34. The van der Waals surface area contributed by atoms with Crippen LogP contribution in [0.15, 0.2) is 24.3 Å². The van der Waals surface area contributed by atoms with Crippen molar-refractivity contribution in [2.45, 2.75) is 59.1 Å². The van der Waals surface area contributed by atoms with Gasteiger partial charge in [-0.3, -0.25) is 0 Å². The van der Waals surface area contributed by atoms with Crippen molar-refractivity contribution in [3.05, 3.63) is 29.5 Å². The van der Waals surface area contributed by atoms with Crippen molar-refractivity contribution in [1.82, 2.24) is 14.9 Å². The molecule has 0 bridgehead atoms. The first kappa shape index (κ1) is 21.2. The number of anilines is 1. The van der Waals surface area contributed by atoms with Gasteiger partial charge in [-0.05, 0) is 57.3 Å². The third-order valence-corrected chi connectivity index (χ3v) is 4.23. The number of piperidine rings is 1.